The molecule has 1 atom stereocenters. The summed E-state index contributed by atoms with van der Waals surface area (Å²) in [4.78, 5) is 28.4. The summed E-state index contributed by atoms with van der Waals surface area (Å²) < 4.78 is 0. The number of hydrogen-bond acceptors (Lipinski definition) is 2. The Bertz CT molecular complexity index is 582. The summed E-state index contributed by atoms with van der Waals surface area (Å²) >= 11 is 0. The summed E-state index contributed by atoms with van der Waals surface area (Å²) in [6.45, 7) is 6.06. The van der Waals surface area contributed by atoms with Crippen molar-refractivity contribution in [2.45, 2.75) is 33.1 Å². The molecule has 1 fully saturated rings. The van der Waals surface area contributed by atoms with Crippen molar-refractivity contribution in [3.8, 4) is 0 Å². The molecule has 0 aromatic heterocycles. The maximum atomic E-state index is 12.9. The lowest BCUT2D eigenvalue weighted by molar-refractivity contribution is -0.128. The zero-order chi connectivity index (χ0) is 15.0. The van der Waals surface area contributed by atoms with Crippen LogP contribution in [0.1, 0.15) is 30.9 Å². The van der Waals surface area contributed by atoms with Crippen molar-refractivity contribution in [3.63, 3.8) is 0 Å². The molecule has 21 heavy (non-hydrogen) atoms. The smallest absolute Gasteiger partial charge is 0.232 e. The van der Waals surface area contributed by atoms with Crippen LogP contribution in [0, 0.1) is 12.8 Å². The fraction of sp³-hybridized carbons (Fsp3) is 0.529. The zero-order valence-electron chi connectivity index (χ0n) is 12.8. The van der Waals surface area contributed by atoms with Crippen LogP contribution in [0.4, 0.5) is 5.69 Å². The van der Waals surface area contributed by atoms with Crippen LogP contribution < -0.4 is 4.90 Å². The van der Waals surface area contributed by atoms with Crippen molar-refractivity contribution >= 4 is 17.5 Å². The van der Waals surface area contributed by atoms with Crippen LogP contribution in [-0.2, 0) is 16.0 Å². The Kier molecular flexibility index (Phi) is 3.70. The molecule has 3 rings (SSSR count). The molecule has 0 radical (unpaired) electrons. The average Bonchev–Trinajstić information content (AvgIpc) is 2.87. The van der Waals surface area contributed by atoms with Crippen LogP contribution in [0.15, 0.2) is 18.2 Å². The van der Waals surface area contributed by atoms with E-state index in [0.29, 0.717) is 19.5 Å². The molecule has 0 aliphatic carbocycles. The van der Waals surface area contributed by atoms with Crippen LogP contribution in [0.2, 0.25) is 0 Å². The molecule has 2 aliphatic rings. The van der Waals surface area contributed by atoms with Gasteiger partial charge in [0, 0.05) is 31.7 Å². The van der Waals surface area contributed by atoms with Crippen LogP contribution >= 0.6 is 0 Å². The Labute approximate surface area is 125 Å². The van der Waals surface area contributed by atoms with Crippen LogP contribution in [0.5, 0.6) is 0 Å². The first-order chi connectivity index (χ1) is 10.1. The molecule has 0 bridgehead atoms. The molecule has 2 aliphatic heterocycles. The van der Waals surface area contributed by atoms with E-state index in [1.807, 2.05) is 11.8 Å². The molecule has 0 saturated carbocycles. The Balaban J connectivity index is 1.86. The second-order valence-corrected chi connectivity index (χ2v) is 6.01. The Hall–Kier alpha value is -1.84. The predicted octanol–water partition coefficient (Wildman–Crippen LogP) is 2.14. The van der Waals surface area contributed by atoms with Gasteiger partial charge < -0.3 is 9.80 Å². The minimum absolute atomic E-state index is 0.109. The molecular weight excluding hydrogens is 264 g/mol. The highest BCUT2D eigenvalue weighted by atomic mass is 16.2. The lowest BCUT2D eigenvalue weighted by Crippen LogP contribution is -2.41. The third kappa shape index (κ3) is 2.43. The molecule has 112 valence electrons. The standard InChI is InChI=1S/C17H22N2O2/c1-3-18-11-14(10-15(18)20)17(21)19-9-5-8-13-7-4-6-12(2)16(13)19/h4,6-7,14H,3,5,8-11H2,1-2H3/t14-/m0/s1. The molecule has 4 nitrogen and oxygen atoms in total. The highest BCUT2D eigenvalue weighted by Crippen LogP contribution is 2.33. The molecule has 1 aromatic carbocycles. The van der Waals surface area contributed by atoms with E-state index in [2.05, 4.69) is 25.1 Å². The normalized spacial score (nSPS) is 21.6. The van der Waals surface area contributed by atoms with E-state index in [4.69, 9.17) is 0 Å². The maximum absolute atomic E-state index is 12.9. The number of aryl methyl sites for hydroxylation is 2. The van der Waals surface area contributed by atoms with Crippen molar-refractivity contribution in [1.29, 1.82) is 0 Å². The fourth-order valence-corrected chi connectivity index (χ4v) is 3.53. The number of hydrogen-bond donors (Lipinski definition) is 0. The third-order valence-electron chi connectivity index (χ3n) is 4.63. The second kappa shape index (κ2) is 5.51. The second-order valence-electron chi connectivity index (χ2n) is 6.01. The van der Waals surface area contributed by atoms with Crippen molar-refractivity contribution in [3.05, 3.63) is 29.3 Å². The number of rotatable bonds is 2. The number of para-hydroxylation sites is 1. The number of anilines is 1. The fourth-order valence-electron chi connectivity index (χ4n) is 3.53. The van der Waals surface area contributed by atoms with Crippen LogP contribution in [0.3, 0.4) is 0 Å². The zero-order valence-corrected chi connectivity index (χ0v) is 12.8. The van der Waals surface area contributed by atoms with E-state index in [1.165, 1.54) is 5.56 Å². The minimum Gasteiger partial charge on any atom is -0.342 e. The van der Waals surface area contributed by atoms with Gasteiger partial charge in [-0.2, -0.15) is 0 Å². The molecular formula is C17H22N2O2. The monoisotopic (exact) mass is 286 g/mol. The molecule has 0 N–H and O–H groups in total. The van der Waals surface area contributed by atoms with E-state index >= 15 is 0 Å². The van der Waals surface area contributed by atoms with E-state index in [9.17, 15) is 9.59 Å². The molecule has 0 unspecified atom stereocenters. The van der Waals surface area contributed by atoms with Crippen molar-refractivity contribution in [2.75, 3.05) is 24.5 Å². The number of nitrogens with zero attached hydrogens (tertiary/aromatic N) is 2. The number of carbonyl (C=O) groups excluding carboxylic acids is 2. The Morgan fingerprint density at radius 3 is 2.90 bits per heavy atom. The van der Waals surface area contributed by atoms with Gasteiger partial charge >= 0.3 is 0 Å². The predicted molar refractivity (Wildman–Crippen MR) is 82.2 cm³/mol. The molecule has 2 amide bonds. The molecule has 1 saturated heterocycles. The third-order valence-corrected chi connectivity index (χ3v) is 4.63. The summed E-state index contributed by atoms with van der Waals surface area (Å²) in [6, 6.07) is 6.22. The quantitative estimate of drug-likeness (QED) is 0.836. The average molecular weight is 286 g/mol. The highest BCUT2D eigenvalue weighted by molar-refractivity contribution is 6.00. The van der Waals surface area contributed by atoms with Gasteiger partial charge in [0.25, 0.3) is 0 Å². The Morgan fingerprint density at radius 1 is 1.38 bits per heavy atom. The van der Waals surface area contributed by atoms with Gasteiger partial charge in [0.2, 0.25) is 11.8 Å². The van der Waals surface area contributed by atoms with Gasteiger partial charge in [-0.1, -0.05) is 18.2 Å². The van der Waals surface area contributed by atoms with Crippen LogP contribution in [0.25, 0.3) is 0 Å². The van der Waals surface area contributed by atoms with E-state index in [1.54, 1.807) is 4.90 Å². The topological polar surface area (TPSA) is 40.6 Å². The molecule has 1 aromatic rings. The lowest BCUT2D eigenvalue weighted by atomic mass is 9.96. The van der Waals surface area contributed by atoms with Crippen molar-refractivity contribution < 1.29 is 9.59 Å². The largest absolute Gasteiger partial charge is 0.342 e. The lowest BCUT2D eigenvalue weighted by Gasteiger charge is -2.32. The minimum atomic E-state index is -0.178. The SMILES string of the molecule is CCN1C[C@@H](C(=O)N2CCCc3cccc(C)c32)CC1=O. The number of fused-ring (bicyclic) bond motifs is 1. The summed E-state index contributed by atoms with van der Waals surface area (Å²) in [5.41, 5.74) is 3.49. The summed E-state index contributed by atoms with van der Waals surface area (Å²) in [7, 11) is 0. The van der Waals surface area contributed by atoms with Gasteiger partial charge in [-0.05, 0) is 37.8 Å². The van der Waals surface area contributed by atoms with Gasteiger partial charge in [0.1, 0.15) is 0 Å². The molecule has 0 spiro atoms. The first-order valence-electron chi connectivity index (χ1n) is 7.79. The van der Waals surface area contributed by atoms with Gasteiger partial charge in [-0.25, -0.2) is 0 Å². The van der Waals surface area contributed by atoms with Gasteiger partial charge in [0.15, 0.2) is 0 Å². The first kappa shape index (κ1) is 14.1. The van der Waals surface area contributed by atoms with Gasteiger partial charge in [-0.3, -0.25) is 9.59 Å². The Morgan fingerprint density at radius 2 is 2.19 bits per heavy atom. The van der Waals surface area contributed by atoms with E-state index in [-0.39, 0.29) is 17.7 Å². The van der Waals surface area contributed by atoms with Crippen molar-refractivity contribution in [1.82, 2.24) is 4.90 Å². The van der Waals surface area contributed by atoms with Gasteiger partial charge in [-0.15, -0.1) is 0 Å². The maximum Gasteiger partial charge on any atom is 0.232 e. The van der Waals surface area contributed by atoms with E-state index in [0.717, 1.165) is 30.6 Å². The summed E-state index contributed by atoms with van der Waals surface area (Å²) in [5.74, 6) is 0.0513. The number of amides is 2. The highest BCUT2D eigenvalue weighted by Gasteiger charge is 2.37. The van der Waals surface area contributed by atoms with E-state index < -0.39 is 0 Å². The molecule has 2 heterocycles. The number of carbonyl (C=O) groups is 2. The first-order valence-corrected chi connectivity index (χ1v) is 7.79. The van der Waals surface area contributed by atoms with Crippen LogP contribution in [-0.4, -0.2) is 36.3 Å². The number of benzene rings is 1. The molecule has 4 heteroatoms. The van der Waals surface area contributed by atoms with Crippen molar-refractivity contribution in [2.24, 2.45) is 5.92 Å². The van der Waals surface area contributed by atoms with Gasteiger partial charge in [0.05, 0.1) is 5.92 Å². The summed E-state index contributed by atoms with van der Waals surface area (Å²) in [5, 5.41) is 0. The number of likely N-dealkylation sites (tertiary alicyclic amines) is 1. The summed E-state index contributed by atoms with van der Waals surface area (Å²) in [6.07, 6.45) is 2.40.